The number of hydrazine groups is 1. The van der Waals surface area contributed by atoms with Crippen LogP contribution in [0, 0.1) is 0 Å². The van der Waals surface area contributed by atoms with Gasteiger partial charge in [-0.2, -0.15) is 15.0 Å². The van der Waals surface area contributed by atoms with Crippen molar-refractivity contribution in [3.05, 3.63) is 0 Å². The molecule has 2 amide bonds. The molecule has 1 aliphatic heterocycles. The summed E-state index contributed by atoms with van der Waals surface area (Å²) in [5, 5.41) is 2.19. The summed E-state index contributed by atoms with van der Waals surface area (Å²) in [6.45, 7) is 2.34. The number of nitrogen functional groups attached to an aromatic ring is 1. The molecule has 2 rings (SSSR count). The van der Waals surface area contributed by atoms with E-state index in [0.29, 0.717) is 6.61 Å². The number of piperazine rings is 1. The summed E-state index contributed by atoms with van der Waals surface area (Å²) in [6.07, 6.45) is 0.789. The Labute approximate surface area is 114 Å². The van der Waals surface area contributed by atoms with Crippen LogP contribution >= 0.6 is 0 Å². The molecule has 1 aliphatic rings. The second kappa shape index (κ2) is 6.10. The van der Waals surface area contributed by atoms with Gasteiger partial charge in [-0.3, -0.25) is 20.3 Å². The minimum Gasteiger partial charge on any atom is -0.463 e. The Kier molecular flexibility index (Phi) is 4.25. The van der Waals surface area contributed by atoms with E-state index in [1.807, 2.05) is 6.92 Å². The van der Waals surface area contributed by atoms with E-state index < -0.39 is 11.8 Å². The van der Waals surface area contributed by atoms with Crippen LogP contribution in [-0.2, 0) is 9.59 Å². The summed E-state index contributed by atoms with van der Waals surface area (Å²) < 4.78 is 5.31. The third-order valence-corrected chi connectivity index (χ3v) is 2.40. The first-order chi connectivity index (χ1) is 9.62. The highest BCUT2D eigenvalue weighted by Gasteiger charge is 2.25. The number of nitrogens with zero attached hydrogens (tertiary/aromatic N) is 4. The van der Waals surface area contributed by atoms with Crippen LogP contribution in [0.4, 0.5) is 11.9 Å². The van der Waals surface area contributed by atoms with Gasteiger partial charge in [0.15, 0.2) is 0 Å². The highest BCUT2D eigenvalue weighted by atomic mass is 16.5. The number of carbonyl (C=O) groups is 2. The number of hydrogen-bond donors (Lipinski definition) is 3. The Morgan fingerprint density at radius 2 is 2.00 bits per heavy atom. The summed E-state index contributed by atoms with van der Waals surface area (Å²) in [5.41, 5.74) is 2.29. The van der Waals surface area contributed by atoms with Crippen LogP contribution in [0.2, 0.25) is 0 Å². The Bertz CT molecular complexity index is 506. The molecule has 0 radical (unpaired) electrons. The van der Waals surface area contributed by atoms with Gasteiger partial charge in [-0.15, -0.1) is 0 Å². The molecule has 0 unspecified atom stereocenters. The summed E-state index contributed by atoms with van der Waals surface area (Å²) in [4.78, 5) is 36.1. The molecule has 0 spiro atoms. The van der Waals surface area contributed by atoms with Crippen LogP contribution in [0.3, 0.4) is 0 Å². The molecule has 0 aliphatic carbocycles. The lowest BCUT2D eigenvalue weighted by atomic mass is 10.3. The molecule has 1 fully saturated rings. The fourth-order valence-corrected chi connectivity index (χ4v) is 1.59. The fourth-order valence-electron chi connectivity index (χ4n) is 1.59. The average molecular weight is 281 g/mol. The first-order valence-electron chi connectivity index (χ1n) is 6.05. The van der Waals surface area contributed by atoms with Crippen molar-refractivity contribution < 1.29 is 14.3 Å². The SMILES string of the molecule is CCCOc1nc(NN)nc(N2CC(=O)NC(=O)C2)n1. The van der Waals surface area contributed by atoms with Crippen molar-refractivity contribution in [2.24, 2.45) is 5.84 Å². The van der Waals surface area contributed by atoms with Crippen molar-refractivity contribution in [1.29, 1.82) is 0 Å². The normalized spacial score (nSPS) is 15.0. The molecular formula is C10H15N7O3. The summed E-state index contributed by atoms with van der Waals surface area (Å²) >= 11 is 0. The predicted molar refractivity (Wildman–Crippen MR) is 68.8 cm³/mol. The van der Waals surface area contributed by atoms with Gasteiger partial charge in [-0.05, 0) is 6.42 Å². The Morgan fingerprint density at radius 1 is 1.30 bits per heavy atom. The van der Waals surface area contributed by atoms with Gasteiger partial charge in [-0.1, -0.05) is 6.92 Å². The zero-order valence-electron chi connectivity index (χ0n) is 10.9. The van der Waals surface area contributed by atoms with E-state index in [0.717, 1.165) is 6.42 Å². The number of rotatable bonds is 5. The van der Waals surface area contributed by atoms with E-state index in [-0.39, 0.29) is 31.0 Å². The van der Waals surface area contributed by atoms with Gasteiger partial charge in [0, 0.05) is 0 Å². The molecule has 0 saturated carbocycles. The number of amides is 2. The number of anilines is 2. The van der Waals surface area contributed by atoms with Gasteiger partial charge < -0.3 is 9.64 Å². The Morgan fingerprint density at radius 3 is 2.60 bits per heavy atom. The average Bonchev–Trinajstić information content (AvgIpc) is 2.43. The van der Waals surface area contributed by atoms with Crippen LogP contribution in [0.15, 0.2) is 0 Å². The molecule has 2 heterocycles. The van der Waals surface area contributed by atoms with Gasteiger partial charge >= 0.3 is 6.01 Å². The van der Waals surface area contributed by atoms with Gasteiger partial charge in [0.05, 0.1) is 6.61 Å². The van der Waals surface area contributed by atoms with Crippen molar-refractivity contribution in [1.82, 2.24) is 20.3 Å². The molecule has 10 heteroatoms. The minimum absolute atomic E-state index is 0.0209. The van der Waals surface area contributed by atoms with Crippen molar-refractivity contribution in [2.75, 3.05) is 30.0 Å². The number of nitrogens with one attached hydrogen (secondary N) is 2. The van der Waals surface area contributed by atoms with Crippen LogP contribution in [-0.4, -0.2) is 46.5 Å². The molecule has 1 aromatic heterocycles. The van der Waals surface area contributed by atoms with Gasteiger partial charge in [0.2, 0.25) is 23.7 Å². The lowest BCUT2D eigenvalue weighted by Crippen LogP contribution is -2.52. The third kappa shape index (κ3) is 3.29. The largest absolute Gasteiger partial charge is 0.463 e. The summed E-state index contributed by atoms with van der Waals surface area (Å²) in [5.74, 6) is 4.70. The number of hydrogen-bond acceptors (Lipinski definition) is 9. The van der Waals surface area contributed by atoms with Crippen molar-refractivity contribution >= 4 is 23.7 Å². The Balaban J connectivity index is 2.25. The smallest absolute Gasteiger partial charge is 0.323 e. The number of carbonyl (C=O) groups excluding carboxylic acids is 2. The zero-order valence-corrected chi connectivity index (χ0v) is 10.9. The highest BCUT2D eigenvalue weighted by Crippen LogP contribution is 2.15. The summed E-state index contributed by atoms with van der Waals surface area (Å²) in [6, 6.07) is 0.0863. The van der Waals surface area contributed by atoms with Crippen molar-refractivity contribution in [2.45, 2.75) is 13.3 Å². The molecule has 4 N–H and O–H groups in total. The van der Waals surface area contributed by atoms with Crippen molar-refractivity contribution in [3.63, 3.8) is 0 Å². The maximum atomic E-state index is 11.4. The maximum absolute atomic E-state index is 11.4. The molecule has 0 aromatic carbocycles. The number of nitrogens with two attached hydrogens (primary N) is 1. The lowest BCUT2D eigenvalue weighted by molar-refractivity contribution is -0.130. The van der Waals surface area contributed by atoms with Gasteiger partial charge in [0.25, 0.3) is 0 Å². The first kappa shape index (κ1) is 13.9. The zero-order chi connectivity index (χ0) is 14.5. The second-order valence-electron chi connectivity index (χ2n) is 4.06. The van der Waals surface area contributed by atoms with E-state index in [1.165, 1.54) is 4.90 Å². The minimum atomic E-state index is -0.417. The first-order valence-corrected chi connectivity index (χ1v) is 6.05. The standard InChI is InChI=1S/C10H15N7O3/c1-2-3-20-10-14-8(16-11)13-9(15-10)17-4-6(18)12-7(19)5-17/h2-5,11H2,1H3,(H,12,18,19)(H,13,14,15,16). The maximum Gasteiger partial charge on any atom is 0.323 e. The van der Waals surface area contributed by atoms with E-state index in [2.05, 4.69) is 25.7 Å². The van der Waals surface area contributed by atoms with Crippen molar-refractivity contribution in [3.8, 4) is 6.01 Å². The molecule has 10 nitrogen and oxygen atoms in total. The molecule has 0 bridgehead atoms. The quantitative estimate of drug-likeness (QED) is 0.331. The van der Waals surface area contributed by atoms with Crippen LogP contribution < -0.4 is 26.2 Å². The third-order valence-electron chi connectivity index (χ3n) is 2.40. The lowest BCUT2D eigenvalue weighted by Gasteiger charge is -2.25. The molecular weight excluding hydrogens is 266 g/mol. The van der Waals surface area contributed by atoms with E-state index in [4.69, 9.17) is 10.6 Å². The monoisotopic (exact) mass is 281 g/mol. The predicted octanol–water partition coefficient (Wildman–Crippen LogP) is -1.59. The Hall–Kier alpha value is -2.49. The molecule has 1 saturated heterocycles. The van der Waals surface area contributed by atoms with Gasteiger partial charge in [0.1, 0.15) is 13.1 Å². The fraction of sp³-hybridized carbons (Fsp3) is 0.500. The molecule has 0 atom stereocenters. The molecule has 1 aromatic rings. The second-order valence-corrected chi connectivity index (χ2v) is 4.06. The molecule has 20 heavy (non-hydrogen) atoms. The van der Waals surface area contributed by atoms with E-state index >= 15 is 0 Å². The van der Waals surface area contributed by atoms with E-state index in [9.17, 15) is 9.59 Å². The summed E-state index contributed by atoms with van der Waals surface area (Å²) in [7, 11) is 0. The number of ether oxygens (including phenoxy) is 1. The number of imide groups is 1. The highest BCUT2D eigenvalue weighted by molar-refractivity contribution is 6.02. The van der Waals surface area contributed by atoms with Crippen LogP contribution in [0.5, 0.6) is 6.01 Å². The van der Waals surface area contributed by atoms with Crippen LogP contribution in [0.25, 0.3) is 0 Å². The topological polar surface area (TPSA) is 135 Å². The number of aromatic nitrogens is 3. The van der Waals surface area contributed by atoms with Gasteiger partial charge in [-0.25, -0.2) is 5.84 Å². The van der Waals surface area contributed by atoms with Crippen LogP contribution in [0.1, 0.15) is 13.3 Å². The molecule has 108 valence electrons. The van der Waals surface area contributed by atoms with E-state index in [1.54, 1.807) is 0 Å².